The van der Waals surface area contributed by atoms with E-state index in [0.29, 0.717) is 6.10 Å². The van der Waals surface area contributed by atoms with Crippen LogP contribution in [-0.4, -0.2) is 38.3 Å². The average molecular weight is 201 g/mol. The molecule has 14 heavy (non-hydrogen) atoms. The second-order valence-corrected chi connectivity index (χ2v) is 4.07. The molecular weight excluding hydrogens is 174 g/mol. The molecule has 0 aliphatic heterocycles. The molecule has 0 aromatic heterocycles. The molecule has 0 N–H and O–H groups in total. The Balaban J connectivity index is 0.000000791. The maximum Gasteiger partial charge on any atom is 0.0586 e. The minimum Gasteiger partial charge on any atom is -0.381 e. The molecule has 0 heterocycles. The molecule has 1 saturated carbocycles. The lowest BCUT2D eigenvalue weighted by Crippen LogP contribution is -2.37. The van der Waals surface area contributed by atoms with Gasteiger partial charge in [0.2, 0.25) is 0 Å². The zero-order valence-corrected chi connectivity index (χ0v) is 10.7. The number of nitrogens with zero attached hydrogens (tertiary/aromatic N) is 1. The van der Waals surface area contributed by atoms with Crippen LogP contribution in [0.1, 0.15) is 40.0 Å². The number of methoxy groups -OCH3 is 1. The fourth-order valence-electron chi connectivity index (χ4n) is 2.33. The van der Waals surface area contributed by atoms with Crippen LogP contribution < -0.4 is 0 Å². The van der Waals surface area contributed by atoms with E-state index in [4.69, 9.17) is 4.74 Å². The van der Waals surface area contributed by atoms with Crippen molar-refractivity contribution >= 4 is 0 Å². The van der Waals surface area contributed by atoms with Crippen LogP contribution in [0.4, 0.5) is 0 Å². The summed E-state index contributed by atoms with van der Waals surface area (Å²) < 4.78 is 5.39. The quantitative estimate of drug-likeness (QED) is 0.696. The van der Waals surface area contributed by atoms with Gasteiger partial charge in [-0.15, -0.1) is 0 Å². The van der Waals surface area contributed by atoms with Gasteiger partial charge in [0.25, 0.3) is 0 Å². The van der Waals surface area contributed by atoms with Gasteiger partial charge in [-0.05, 0) is 33.9 Å². The topological polar surface area (TPSA) is 12.5 Å². The summed E-state index contributed by atoms with van der Waals surface area (Å²) in [6, 6.07) is 0.736. The van der Waals surface area contributed by atoms with E-state index < -0.39 is 0 Å². The highest BCUT2D eigenvalue weighted by Crippen LogP contribution is 2.32. The Morgan fingerprint density at radius 3 is 2.21 bits per heavy atom. The van der Waals surface area contributed by atoms with Crippen LogP contribution in [0.3, 0.4) is 0 Å². The lowest BCUT2D eigenvalue weighted by atomic mass is 9.97. The molecular formula is C12H27NO. The van der Waals surface area contributed by atoms with Crippen molar-refractivity contribution < 1.29 is 4.74 Å². The van der Waals surface area contributed by atoms with Gasteiger partial charge in [0.15, 0.2) is 0 Å². The lowest BCUT2D eigenvalue weighted by Gasteiger charge is -2.29. The predicted octanol–water partition coefficient (Wildman–Crippen LogP) is 2.78. The second kappa shape index (κ2) is 7.24. The predicted molar refractivity (Wildman–Crippen MR) is 62.6 cm³/mol. The van der Waals surface area contributed by atoms with Crippen LogP contribution in [0.25, 0.3) is 0 Å². The number of ether oxygens (including phenoxy) is 1. The third kappa shape index (κ3) is 3.58. The third-order valence-corrected chi connectivity index (χ3v) is 3.17. The van der Waals surface area contributed by atoms with E-state index >= 15 is 0 Å². The van der Waals surface area contributed by atoms with E-state index in [2.05, 4.69) is 25.9 Å². The maximum atomic E-state index is 5.39. The molecule has 0 aromatic carbocycles. The molecule has 1 aliphatic rings. The number of hydrogen-bond acceptors (Lipinski definition) is 2. The molecule has 3 atom stereocenters. The molecule has 1 aliphatic carbocycles. The fourth-order valence-corrected chi connectivity index (χ4v) is 2.33. The highest BCUT2D eigenvalue weighted by atomic mass is 16.5. The first-order chi connectivity index (χ1) is 6.66. The molecule has 0 saturated heterocycles. The van der Waals surface area contributed by atoms with Gasteiger partial charge < -0.3 is 9.64 Å². The van der Waals surface area contributed by atoms with E-state index in [1.165, 1.54) is 19.3 Å². The zero-order valence-electron chi connectivity index (χ0n) is 10.7. The van der Waals surface area contributed by atoms with Crippen molar-refractivity contribution in [2.75, 3.05) is 21.2 Å². The van der Waals surface area contributed by atoms with E-state index in [0.717, 1.165) is 12.0 Å². The number of hydrogen-bond donors (Lipinski definition) is 0. The largest absolute Gasteiger partial charge is 0.381 e. The van der Waals surface area contributed by atoms with Crippen molar-refractivity contribution in [3.63, 3.8) is 0 Å². The first kappa shape index (κ1) is 13.9. The SMILES string of the molecule is CC.COC(C)[C@@H]1CCCC1N(C)C. The Morgan fingerprint density at radius 1 is 1.21 bits per heavy atom. The average Bonchev–Trinajstić information content (AvgIpc) is 2.68. The summed E-state index contributed by atoms with van der Waals surface area (Å²) in [5, 5.41) is 0. The molecule has 0 amide bonds. The highest BCUT2D eigenvalue weighted by Gasteiger charge is 2.32. The Bertz CT molecular complexity index is 136. The normalized spacial score (nSPS) is 28.5. The first-order valence-corrected chi connectivity index (χ1v) is 5.86. The van der Waals surface area contributed by atoms with Crippen molar-refractivity contribution in [1.82, 2.24) is 4.90 Å². The summed E-state index contributed by atoms with van der Waals surface area (Å²) in [5.74, 6) is 0.741. The van der Waals surface area contributed by atoms with Gasteiger partial charge in [0.1, 0.15) is 0 Å². The Hall–Kier alpha value is -0.0800. The molecule has 0 spiro atoms. The van der Waals surface area contributed by atoms with Gasteiger partial charge in [0, 0.05) is 19.1 Å². The van der Waals surface area contributed by atoms with Crippen molar-refractivity contribution in [1.29, 1.82) is 0 Å². The summed E-state index contributed by atoms with van der Waals surface area (Å²) in [6.07, 6.45) is 4.45. The molecule has 0 radical (unpaired) electrons. The lowest BCUT2D eigenvalue weighted by molar-refractivity contribution is 0.0404. The minimum absolute atomic E-state index is 0.417. The van der Waals surface area contributed by atoms with Crippen LogP contribution in [0.5, 0.6) is 0 Å². The highest BCUT2D eigenvalue weighted by molar-refractivity contribution is 4.86. The van der Waals surface area contributed by atoms with Crippen molar-refractivity contribution in [2.24, 2.45) is 5.92 Å². The van der Waals surface area contributed by atoms with E-state index in [9.17, 15) is 0 Å². The van der Waals surface area contributed by atoms with Gasteiger partial charge in [0.05, 0.1) is 6.10 Å². The number of rotatable bonds is 3. The summed E-state index contributed by atoms with van der Waals surface area (Å²) in [5.41, 5.74) is 0. The van der Waals surface area contributed by atoms with Crippen LogP contribution in [0, 0.1) is 5.92 Å². The third-order valence-electron chi connectivity index (χ3n) is 3.17. The summed E-state index contributed by atoms with van der Waals surface area (Å²) >= 11 is 0. The first-order valence-electron chi connectivity index (χ1n) is 5.86. The molecule has 86 valence electrons. The molecule has 1 fully saturated rings. The summed E-state index contributed by atoms with van der Waals surface area (Å²) in [6.45, 7) is 6.19. The van der Waals surface area contributed by atoms with Crippen LogP contribution in [-0.2, 0) is 4.74 Å². The second-order valence-electron chi connectivity index (χ2n) is 4.07. The van der Waals surface area contributed by atoms with Crippen molar-refractivity contribution in [2.45, 2.75) is 52.2 Å². The molecule has 1 rings (SSSR count). The van der Waals surface area contributed by atoms with Crippen molar-refractivity contribution in [3.05, 3.63) is 0 Å². The van der Waals surface area contributed by atoms with E-state index in [1.54, 1.807) is 0 Å². The van der Waals surface area contributed by atoms with E-state index in [-0.39, 0.29) is 0 Å². The monoisotopic (exact) mass is 201 g/mol. The minimum atomic E-state index is 0.417. The fraction of sp³-hybridized carbons (Fsp3) is 1.00. The Labute approximate surface area is 89.6 Å². The maximum absolute atomic E-state index is 5.39. The molecule has 0 bridgehead atoms. The molecule has 2 nitrogen and oxygen atoms in total. The Morgan fingerprint density at radius 2 is 1.79 bits per heavy atom. The Kier molecular flexibility index (Phi) is 7.20. The van der Waals surface area contributed by atoms with Crippen molar-refractivity contribution in [3.8, 4) is 0 Å². The smallest absolute Gasteiger partial charge is 0.0586 e. The van der Waals surface area contributed by atoms with Crippen LogP contribution in [0.2, 0.25) is 0 Å². The molecule has 2 heteroatoms. The molecule has 2 unspecified atom stereocenters. The van der Waals surface area contributed by atoms with Gasteiger partial charge >= 0.3 is 0 Å². The zero-order chi connectivity index (χ0) is 11.1. The van der Waals surface area contributed by atoms with E-state index in [1.807, 2.05) is 21.0 Å². The van der Waals surface area contributed by atoms with Gasteiger partial charge in [-0.25, -0.2) is 0 Å². The van der Waals surface area contributed by atoms with Gasteiger partial charge in [-0.2, -0.15) is 0 Å². The van der Waals surface area contributed by atoms with Crippen LogP contribution in [0.15, 0.2) is 0 Å². The van der Waals surface area contributed by atoms with Gasteiger partial charge in [-0.1, -0.05) is 20.3 Å². The van der Waals surface area contributed by atoms with Crippen LogP contribution >= 0.6 is 0 Å². The summed E-state index contributed by atoms with van der Waals surface area (Å²) in [4.78, 5) is 2.34. The molecule has 0 aromatic rings. The standard InChI is InChI=1S/C10H21NO.C2H6/c1-8(12-4)9-6-5-7-10(9)11(2)3;1-2/h8-10H,5-7H2,1-4H3;1-2H3/t8?,9-,10?;/m0./s1. The summed E-state index contributed by atoms with van der Waals surface area (Å²) in [7, 11) is 6.16. The van der Waals surface area contributed by atoms with Gasteiger partial charge in [-0.3, -0.25) is 0 Å².